The highest BCUT2D eigenvalue weighted by Gasteiger charge is 2.42. The van der Waals surface area contributed by atoms with Gasteiger partial charge in [-0.3, -0.25) is 9.59 Å². The minimum absolute atomic E-state index is 0.288. The minimum atomic E-state index is -0.860. The Hall–Kier alpha value is -2.24. The number of rotatable bonds is 5. The second-order valence-electron chi connectivity index (χ2n) is 6.53. The van der Waals surface area contributed by atoms with Gasteiger partial charge in [0.1, 0.15) is 0 Å². The SMILES string of the molecule is COc1cc(C)c(C(=O)NC2(C)CCCCC2C(=O)O)cc1OC. The Morgan fingerprint density at radius 1 is 1.21 bits per heavy atom. The fourth-order valence-corrected chi connectivity index (χ4v) is 3.43. The zero-order chi connectivity index (χ0) is 17.9. The quantitative estimate of drug-likeness (QED) is 0.864. The predicted molar refractivity (Wildman–Crippen MR) is 89.7 cm³/mol. The molecule has 0 radical (unpaired) electrons. The standard InChI is InChI=1S/C18H25NO5/c1-11-9-14(23-3)15(24-4)10-12(11)16(20)19-18(2)8-6-5-7-13(18)17(21)22/h9-10,13H,5-8H2,1-4H3,(H,19,20)(H,21,22). The number of nitrogens with one attached hydrogen (secondary N) is 1. The Bertz CT molecular complexity index is 643. The highest BCUT2D eigenvalue weighted by molar-refractivity contribution is 5.97. The van der Waals surface area contributed by atoms with Crippen LogP contribution in [0, 0.1) is 12.8 Å². The zero-order valence-electron chi connectivity index (χ0n) is 14.6. The van der Waals surface area contributed by atoms with E-state index in [4.69, 9.17) is 9.47 Å². The van der Waals surface area contributed by atoms with Gasteiger partial charge in [-0.15, -0.1) is 0 Å². The molecule has 132 valence electrons. The number of carboxylic acids is 1. The average molecular weight is 335 g/mol. The van der Waals surface area contributed by atoms with Gasteiger partial charge in [0, 0.05) is 5.56 Å². The van der Waals surface area contributed by atoms with Crippen LogP contribution < -0.4 is 14.8 Å². The third-order valence-electron chi connectivity index (χ3n) is 4.88. The van der Waals surface area contributed by atoms with Gasteiger partial charge in [0.25, 0.3) is 5.91 Å². The molecule has 1 saturated carbocycles. The van der Waals surface area contributed by atoms with Crippen LogP contribution in [0.1, 0.15) is 48.5 Å². The van der Waals surface area contributed by atoms with E-state index in [1.54, 1.807) is 12.1 Å². The van der Waals surface area contributed by atoms with Gasteiger partial charge in [-0.25, -0.2) is 0 Å². The van der Waals surface area contributed by atoms with Gasteiger partial charge >= 0.3 is 5.97 Å². The van der Waals surface area contributed by atoms with E-state index in [0.717, 1.165) is 18.4 Å². The van der Waals surface area contributed by atoms with E-state index in [-0.39, 0.29) is 5.91 Å². The molecule has 6 nitrogen and oxygen atoms in total. The molecule has 1 aromatic carbocycles. The van der Waals surface area contributed by atoms with Crippen molar-refractivity contribution in [2.24, 2.45) is 5.92 Å². The van der Waals surface area contributed by atoms with Gasteiger partial charge in [0.15, 0.2) is 11.5 Å². The summed E-state index contributed by atoms with van der Waals surface area (Å²) in [5.41, 5.74) is 0.459. The van der Waals surface area contributed by atoms with Gasteiger partial charge in [-0.1, -0.05) is 12.8 Å². The molecule has 1 aromatic rings. The first kappa shape index (κ1) is 18.1. The molecule has 0 heterocycles. The van der Waals surface area contributed by atoms with Crippen molar-refractivity contribution in [3.8, 4) is 11.5 Å². The second kappa shape index (κ2) is 7.11. The number of carbonyl (C=O) groups is 2. The molecule has 0 aromatic heterocycles. The summed E-state index contributed by atoms with van der Waals surface area (Å²) in [6, 6.07) is 3.37. The average Bonchev–Trinajstić information content (AvgIpc) is 2.53. The minimum Gasteiger partial charge on any atom is -0.493 e. The molecule has 0 saturated heterocycles. The first-order chi connectivity index (χ1) is 11.3. The topological polar surface area (TPSA) is 84.9 Å². The number of hydrogen-bond acceptors (Lipinski definition) is 4. The number of hydrogen-bond donors (Lipinski definition) is 2. The van der Waals surface area contributed by atoms with Crippen LogP contribution in [0.5, 0.6) is 11.5 Å². The number of ether oxygens (including phenoxy) is 2. The number of aliphatic carboxylic acids is 1. The van der Waals surface area contributed by atoms with E-state index in [2.05, 4.69) is 5.32 Å². The Morgan fingerprint density at radius 2 is 1.83 bits per heavy atom. The molecule has 1 aliphatic rings. The Morgan fingerprint density at radius 3 is 2.42 bits per heavy atom. The number of aryl methyl sites for hydroxylation is 1. The van der Waals surface area contributed by atoms with E-state index < -0.39 is 17.4 Å². The maximum absolute atomic E-state index is 12.8. The van der Waals surface area contributed by atoms with Crippen molar-refractivity contribution in [3.63, 3.8) is 0 Å². The monoisotopic (exact) mass is 335 g/mol. The molecule has 2 N–H and O–H groups in total. The van der Waals surface area contributed by atoms with Crippen molar-refractivity contribution in [3.05, 3.63) is 23.3 Å². The van der Waals surface area contributed by atoms with Crippen molar-refractivity contribution in [1.29, 1.82) is 0 Å². The summed E-state index contributed by atoms with van der Waals surface area (Å²) in [6.45, 7) is 3.63. The third-order valence-corrected chi connectivity index (χ3v) is 4.88. The third kappa shape index (κ3) is 3.47. The van der Waals surface area contributed by atoms with E-state index in [1.165, 1.54) is 14.2 Å². The lowest BCUT2D eigenvalue weighted by molar-refractivity contribution is -0.145. The molecule has 1 amide bonds. The van der Waals surface area contributed by atoms with Gasteiger partial charge < -0.3 is 19.9 Å². The number of methoxy groups -OCH3 is 2. The van der Waals surface area contributed by atoms with Crippen LogP contribution in [0.15, 0.2) is 12.1 Å². The number of carboxylic acid groups (broad SMARTS) is 1. The fourth-order valence-electron chi connectivity index (χ4n) is 3.43. The van der Waals surface area contributed by atoms with Gasteiger partial charge in [0.05, 0.1) is 25.7 Å². The lowest BCUT2D eigenvalue weighted by atomic mass is 9.73. The van der Waals surface area contributed by atoms with Crippen molar-refractivity contribution in [2.45, 2.75) is 45.1 Å². The van der Waals surface area contributed by atoms with E-state index in [0.29, 0.717) is 29.9 Å². The molecule has 1 fully saturated rings. The van der Waals surface area contributed by atoms with Crippen LogP contribution >= 0.6 is 0 Å². The van der Waals surface area contributed by atoms with E-state index in [1.807, 2.05) is 13.8 Å². The Balaban J connectivity index is 2.30. The summed E-state index contributed by atoms with van der Waals surface area (Å²) >= 11 is 0. The van der Waals surface area contributed by atoms with Gasteiger partial charge in [0.2, 0.25) is 0 Å². The molecule has 2 rings (SSSR count). The van der Waals surface area contributed by atoms with Crippen molar-refractivity contribution in [2.75, 3.05) is 14.2 Å². The second-order valence-corrected chi connectivity index (χ2v) is 6.53. The molecule has 6 heteroatoms. The number of amides is 1. The summed E-state index contributed by atoms with van der Waals surface area (Å²) in [4.78, 5) is 24.3. The largest absolute Gasteiger partial charge is 0.493 e. The van der Waals surface area contributed by atoms with E-state index in [9.17, 15) is 14.7 Å². The lowest BCUT2D eigenvalue weighted by Crippen LogP contribution is -2.55. The summed E-state index contributed by atoms with van der Waals surface area (Å²) in [7, 11) is 3.05. The maximum atomic E-state index is 12.8. The predicted octanol–water partition coefficient (Wildman–Crippen LogP) is 2.78. The van der Waals surface area contributed by atoms with Crippen LogP contribution in [0.3, 0.4) is 0 Å². The van der Waals surface area contributed by atoms with Crippen LogP contribution in [-0.4, -0.2) is 36.7 Å². The molecule has 24 heavy (non-hydrogen) atoms. The molecule has 0 aliphatic heterocycles. The van der Waals surface area contributed by atoms with Gasteiger partial charge in [-0.05, 0) is 44.4 Å². The van der Waals surface area contributed by atoms with E-state index >= 15 is 0 Å². The zero-order valence-corrected chi connectivity index (χ0v) is 14.6. The summed E-state index contributed by atoms with van der Waals surface area (Å²) < 4.78 is 10.5. The molecule has 0 spiro atoms. The Kier molecular flexibility index (Phi) is 5.36. The summed E-state index contributed by atoms with van der Waals surface area (Å²) in [5.74, 6) is -0.697. The molecule has 2 unspecified atom stereocenters. The molecular formula is C18H25NO5. The highest BCUT2D eigenvalue weighted by Crippen LogP contribution is 2.35. The first-order valence-electron chi connectivity index (χ1n) is 8.10. The van der Waals surface area contributed by atoms with Crippen molar-refractivity contribution >= 4 is 11.9 Å². The maximum Gasteiger partial charge on any atom is 0.308 e. The smallest absolute Gasteiger partial charge is 0.308 e. The van der Waals surface area contributed by atoms with Crippen LogP contribution in [0.25, 0.3) is 0 Å². The Labute approximate surface area is 142 Å². The molecule has 0 bridgehead atoms. The molecular weight excluding hydrogens is 310 g/mol. The lowest BCUT2D eigenvalue weighted by Gasteiger charge is -2.40. The van der Waals surface area contributed by atoms with Gasteiger partial charge in [-0.2, -0.15) is 0 Å². The van der Waals surface area contributed by atoms with Crippen LogP contribution in [-0.2, 0) is 4.79 Å². The highest BCUT2D eigenvalue weighted by atomic mass is 16.5. The normalized spacial score (nSPS) is 23.4. The van der Waals surface area contributed by atoms with Crippen molar-refractivity contribution < 1.29 is 24.2 Å². The number of benzene rings is 1. The molecule has 2 atom stereocenters. The fraction of sp³-hybridized carbons (Fsp3) is 0.556. The molecule has 1 aliphatic carbocycles. The van der Waals surface area contributed by atoms with Crippen LogP contribution in [0.2, 0.25) is 0 Å². The first-order valence-corrected chi connectivity index (χ1v) is 8.10. The van der Waals surface area contributed by atoms with Crippen LogP contribution in [0.4, 0.5) is 0 Å². The summed E-state index contributed by atoms with van der Waals surface area (Å²) in [6.07, 6.45) is 3.02. The summed E-state index contributed by atoms with van der Waals surface area (Å²) in [5, 5.41) is 12.4. The van der Waals surface area contributed by atoms with Crippen molar-refractivity contribution in [1.82, 2.24) is 5.32 Å². The number of carbonyl (C=O) groups excluding carboxylic acids is 1.